The summed E-state index contributed by atoms with van der Waals surface area (Å²) in [6, 6.07) is 0. The lowest BCUT2D eigenvalue weighted by atomic mass is 9.50. The van der Waals surface area contributed by atoms with Crippen LogP contribution < -0.4 is 0 Å². The third kappa shape index (κ3) is 1.95. The van der Waals surface area contributed by atoms with Crippen molar-refractivity contribution in [2.24, 2.45) is 35.0 Å². The minimum absolute atomic E-state index is 0.167. The van der Waals surface area contributed by atoms with E-state index in [1.165, 1.54) is 0 Å². The molecular formula is C18H27FO2. The Bertz CT molecular complexity index is 450. The van der Waals surface area contributed by atoms with Crippen LogP contribution in [-0.2, 0) is 4.79 Å². The molecule has 4 saturated carbocycles. The zero-order valence-corrected chi connectivity index (χ0v) is 12.9. The Morgan fingerprint density at radius 2 is 1.95 bits per heavy atom. The summed E-state index contributed by atoms with van der Waals surface area (Å²) in [4.78, 5) is 11.7. The van der Waals surface area contributed by atoms with Gasteiger partial charge in [0.1, 0.15) is 12.0 Å². The number of alkyl halides is 1. The summed E-state index contributed by atoms with van der Waals surface area (Å²) in [7, 11) is 0. The van der Waals surface area contributed by atoms with Gasteiger partial charge in [-0.05, 0) is 73.5 Å². The van der Waals surface area contributed by atoms with Gasteiger partial charge in [-0.1, -0.05) is 6.92 Å². The average Bonchev–Trinajstić information content (AvgIpc) is 2.74. The van der Waals surface area contributed by atoms with Crippen molar-refractivity contribution in [3.8, 4) is 0 Å². The van der Waals surface area contributed by atoms with E-state index in [-0.39, 0.29) is 17.4 Å². The number of hydrogen-bond acceptors (Lipinski definition) is 2. The second-order valence-electron chi connectivity index (χ2n) is 8.45. The van der Waals surface area contributed by atoms with E-state index in [0.29, 0.717) is 48.7 Å². The standard InChI is InChI=1S/C18H27FO2/c1-18-9-15(19)17-12-5-3-11(20)8-10(12)2-4-13(17)14(18)6-7-16(18)21/h10,12-17,21H,2-9H2,1H3/t10-,12-,13-,14-,15-,16-,17+,18-/m0/s1/i19-1. The van der Waals surface area contributed by atoms with Crippen LogP contribution in [0, 0.1) is 35.0 Å². The zero-order valence-electron chi connectivity index (χ0n) is 12.9. The molecule has 1 N–H and O–H groups in total. The highest BCUT2D eigenvalue weighted by molar-refractivity contribution is 5.79. The number of fused-ring (bicyclic) bond motifs is 5. The molecule has 3 heteroatoms. The van der Waals surface area contributed by atoms with Crippen LogP contribution >= 0.6 is 0 Å². The molecule has 4 aliphatic carbocycles. The fraction of sp³-hybridized carbons (Fsp3) is 0.944. The van der Waals surface area contributed by atoms with Crippen LogP contribution in [0.4, 0.5) is 4.39 Å². The van der Waals surface area contributed by atoms with Crippen molar-refractivity contribution in [1.29, 1.82) is 0 Å². The minimum atomic E-state index is -0.773. The van der Waals surface area contributed by atoms with Crippen molar-refractivity contribution in [3.05, 3.63) is 0 Å². The van der Waals surface area contributed by atoms with Gasteiger partial charge < -0.3 is 5.11 Å². The lowest BCUT2D eigenvalue weighted by Gasteiger charge is -2.56. The SMILES string of the molecule is C[C@]12C[C@H]([18F])[C@H]3[C@@H](CC[C@H]4CC(=O)CC[C@@H]43)[C@@H]1CC[C@@H]2O. The number of aliphatic hydroxyl groups excluding tert-OH is 1. The van der Waals surface area contributed by atoms with Gasteiger partial charge in [-0.25, -0.2) is 4.39 Å². The molecule has 2 nitrogen and oxygen atoms in total. The van der Waals surface area contributed by atoms with Crippen LogP contribution in [0.1, 0.15) is 58.3 Å². The molecule has 21 heavy (non-hydrogen) atoms. The first-order valence-corrected chi connectivity index (χ1v) is 8.84. The normalized spacial score (nSPS) is 56.5. The number of Topliss-reactive ketones (excluding diaryl/α,β-unsaturated/α-hetero) is 1. The summed E-state index contributed by atoms with van der Waals surface area (Å²) in [5, 5.41) is 10.3. The first-order chi connectivity index (χ1) is 10.0. The molecular weight excluding hydrogens is 266 g/mol. The first kappa shape index (κ1) is 14.2. The van der Waals surface area contributed by atoms with E-state index in [2.05, 4.69) is 6.92 Å². The number of carbonyl (C=O) groups is 1. The van der Waals surface area contributed by atoms with Gasteiger partial charge in [0.05, 0.1) is 6.10 Å². The lowest BCUT2D eigenvalue weighted by Crippen LogP contribution is -2.54. The van der Waals surface area contributed by atoms with Crippen LogP contribution in [0.2, 0.25) is 0 Å². The second-order valence-corrected chi connectivity index (χ2v) is 8.45. The third-order valence-electron chi connectivity index (χ3n) is 7.64. The Hall–Kier alpha value is -0.440. The van der Waals surface area contributed by atoms with Crippen molar-refractivity contribution >= 4 is 5.78 Å². The summed E-state index contributed by atoms with van der Waals surface area (Å²) in [5.74, 6) is 2.39. The topological polar surface area (TPSA) is 37.3 Å². The van der Waals surface area contributed by atoms with E-state index in [9.17, 15) is 9.90 Å². The van der Waals surface area contributed by atoms with E-state index in [4.69, 9.17) is 0 Å². The van der Waals surface area contributed by atoms with Crippen molar-refractivity contribution in [1.82, 2.24) is 0 Å². The largest absolute Gasteiger partial charge is 0.393 e. The molecule has 0 radical (unpaired) electrons. The molecule has 0 unspecified atom stereocenters. The highest BCUT2D eigenvalue weighted by atomic mass is 18.2. The third-order valence-corrected chi connectivity index (χ3v) is 7.64. The summed E-state index contributed by atoms with van der Waals surface area (Å²) >= 11 is 0. The number of halogens is 1. The van der Waals surface area contributed by atoms with Crippen LogP contribution in [0.25, 0.3) is 0 Å². The number of aliphatic hydroxyl groups is 1. The van der Waals surface area contributed by atoms with Gasteiger partial charge in [-0.15, -0.1) is 0 Å². The summed E-state index contributed by atoms with van der Waals surface area (Å²) in [6.07, 6.45) is 5.84. The Morgan fingerprint density at radius 3 is 2.76 bits per heavy atom. The predicted octanol–water partition coefficient (Wildman–Crippen LogP) is 3.52. The molecule has 0 saturated heterocycles. The quantitative estimate of drug-likeness (QED) is 0.742. The summed E-state index contributed by atoms with van der Waals surface area (Å²) < 4.78 is 15.0. The molecule has 8 atom stereocenters. The van der Waals surface area contributed by atoms with Gasteiger partial charge in [0.2, 0.25) is 0 Å². The monoisotopic (exact) mass is 293 g/mol. The fourth-order valence-electron chi connectivity index (χ4n) is 6.65. The van der Waals surface area contributed by atoms with Gasteiger partial charge >= 0.3 is 0 Å². The molecule has 0 aromatic heterocycles. The van der Waals surface area contributed by atoms with Gasteiger partial charge in [0.15, 0.2) is 0 Å². The molecule has 0 aromatic carbocycles. The molecule has 4 aliphatic rings. The number of hydrogen-bond donors (Lipinski definition) is 1. The number of carbonyl (C=O) groups excluding carboxylic acids is 1. The minimum Gasteiger partial charge on any atom is -0.393 e. The van der Waals surface area contributed by atoms with Crippen molar-refractivity contribution < 1.29 is 14.3 Å². The molecule has 118 valence electrons. The number of ketones is 1. The maximum atomic E-state index is 15.0. The summed E-state index contributed by atoms with van der Waals surface area (Å²) in [6.45, 7) is 2.12. The second kappa shape index (κ2) is 4.78. The lowest BCUT2D eigenvalue weighted by molar-refractivity contribution is -0.136. The van der Waals surface area contributed by atoms with Crippen LogP contribution in [0.5, 0.6) is 0 Å². The van der Waals surface area contributed by atoms with Crippen LogP contribution in [0.3, 0.4) is 0 Å². The van der Waals surface area contributed by atoms with E-state index in [1.807, 2.05) is 0 Å². The molecule has 0 bridgehead atoms. The molecule has 4 fully saturated rings. The molecule has 0 amide bonds. The average molecular weight is 293 g/mol. The van der Waals surface area contributed by atoms with Crippen molar-refractivity contribution in [3.63, 3.8) is 0 Å². The first-order valence-electron chi connectivity index (χ1n) is 8.84. The van der Waals surface area contributed by atoms with Gasteiger partial charge in [-0.2, -0.15) is 0 Å². The van der Waals surface area contributed by atoms with E-state index in [1.54, 1.807) is 0 Å². The summed E-state index contributed by atoms with van der Waals surface area (Å²) in [5.41, 5.74) is -0.197. The maximum Gasteiger partial charge on any atom is 0.133 e. The predicted molar refractivity (Wildman–Crippen MR) is 78.4 cm³/mol. The molecule has 0 spiro atoms. The Kier molecular flexibility index (Phi) is 3.22. The molecule has 0 heterocycles. The Labute approximate surface area is 126 Å². The van der Waals surface area contributed by atoms with Gasteiger partial charge in [0.25, 0.3) is 0 Å². The van der Waals surface area contributed by atoms with Gasteiger partial charge in [-0.3, -0.25) is 4.79 Å². The van der Waals surface area contributed by atoms with E-state index in [0.717, 1.165) is 32.1 Å². The highest BCUT2D eigenvalue weighted by Crippen LogP contribution is 2.62. The zero-order chi connectivity index (χ0) is 14.8. The maximum absolute atomic E-state index is 15.0. The molecule has 0 aromatic rings. The fourth-order valence-corrected chi connectivity index (χ4v) is 6.65. The van der Waals surface area contributed by atoms with Crippen LogP contribution in [0.15, 0.2) is 0 Å². The molecule has 4 rings (SSSR count). The Morgan fingerprint density at radius 1 is 1.14 bits per heavy atom. The smallest absolute Gasteiger partial charge is 0.133 e. The number of rotatable bonds is 0. The van der Waals surface area contributed by atoms with Crippen LogP contribution in [-0.4, -0.2) is 23.2 Å². The van der Waals surface area contributed by atoms with Crippen molar-refractivity contribution in [2.45, 2.75) is 70.6 Å². The van der Waals surface area contributed by atoms with Gasteiger partial charge in [0, 0.05) is 12.8 Å². The molecule has 0 aliphatic heterocycles. The highest BCUT2D eigenvalue weighted by Gasteiger charge is 2.60. The van der Waals surface area contributed by atoms with E-state index < -0.39 is 6.17 Å². The van der Waals surface area contributed by atoms with Crippen molar-refractivity contribution in [2.75, 3.05) is 0 Å². The Balaban J connectivity index is 1.63. The van der Waals surface area contributed by atoms with E-state index >= 15 is 4.39 Å².